The van der Waals surface area contributed by atoms with E-state index in [0.29, 0.717) is 5.06 Å². The number of ether oxygens (including phenoxy) is 2. The summed E-state index contributed by atoms with van der Waals surface area (Å²) in [5, 5.41) is 2.54. The number of rotatable bonds is 7. The van der Waals surface area contributed by atoms with Gasteiger partial charge in [-0.15, -0.1) is 0 Å². The fourth-order valence-corrected chi connectivity index (χ4v) is 3.01. The van der Waals surface area contributed by atoms with Gasteiger partial charge in [-0.25, -0.2) is 9.59 Å². The van der Waals surface area contributed by atoms with Crippen LogP contribution in [0.5, 0.6) is 0 Å². The van der Waals surface area contributed by atoms with Crippen molar-refractivity contribution >= 4 is 29.8 Å². The van der Waals surface area contributed by atoms with E-state index in [2.05, 4.69) is 5.32 Å². The highest BCUT2D eigenvalue weighted by atomic mass is 16.7. The molecular formula is C24H24N2O8. The molecule has 1 heterocycles. The van der Waals surface area contributed by atoms with Gasteiger partial charge >= 0.3 is 18.0 Å². The summed E-state index contributed by atoms with van der Waals surface area (Å²) in [4.78, 5) is 67.4. The van der Waals surface area contributed by atoms with E-state index in [4.69, 9.17) is 14.3 Å². The maximum atomic E-state index is 12.8. The molecule has 3 amide bonds. The first-order valence-corrected chi connectivity index (χ1v) is 10.4. The summed E-state index contributed by atoms with van der Waals surface area (Å²) >= 11 is 0. The summed E-state index contributed by atoms with van der Waals surface area (Å²) in [7, 11) is 0. The number of hydrogen-bond donors (Lipinski definition) is 1. The van der Waals surface area contributed by atoms with Crippen LogP contribution in [0.15, 0.2) is 54.6 Å². The highest BCUT2D eigenvalue weighted by Crippen LogP contribution is 2.23. The second-order valence-corrected chi connectivity index (χ2v) is 8.41. The van der Waals surface area contributed by atoms with Crippen LogP contribution in [0.4, 0.5) is 4.79 Å². The van der Waals surface area contributed by atoms with Crippen LogP contribution in [-0.4, -0.2) is 46.6 Å². The van der Waals surface area contributed by atoms with Crippen molar-refractivity contribution in [2.45, 2.75) is 45.4 Å². The molecule has 0 unspecified atom stereocenters. The number of hydrogen-bond acceptors (Lipinski definition) is 8. The molecule has 0 radical (unpaired) electrons. The predicted octanol–water partition coefficient (Wildman–Crippen LogP) is 2.77. The molecule has 0 aliphatic carbocycles. The standard InChI is InChI=1S/C24H24N2O8/c1-24(2,3)33-23(31)25-18(13-19(27)32-14-15-9-5-4-6-10-15)22(30)34-26-20(28)16-11-7-8-12-17(16)21(26)29/h4-12,18H,13-14H2,1-3H3,(H,25,31)/t18-/m0/s1. The van der Waals surface area contributed by atoms with Gasteiger partial charge in [-0.3, -0.25) is 14.4 Å². The minimum Gasteiger partial charge on any atom is -0.461 e. The molecule has 2 aromatic carbocycles. The van der Waals surface area contributed by atoms with Gasteiger partial charge in [0.2, 0.25) is 0 Å². The maximum Gasteiger partial charge on any atom is 0.408 e. The van der Waals surface area contributed by atoms with Crippen molar-refractivity contribution < 1.29 is 38.3 Å². The Balaban J connectivity index is 1.70. The maximum absolute atomic E-state index is 12.8. The van der Waals surface area contributed by atoms with Crippen LogP contribution in [0.2, 0.25) is 0 Å². The SMILES string of the molecule is CC(C)(C)OC(=O)N[C@@H](CC(=O)OCc1ccccc1)C(=O)ON1C(=O)c2ccccc2C1=O. The molecule has 178 valence electrons. The average molecular weight is 468 g/mol. The third-order valence-electron chi connectivity index (χ3n) is 4.53. The number of carbonyl (C=O) groups excluding carboxylic acids is 5. The number of benzene rings is 2. The van der Waals surface area contributed by atoms with E-state index in [1.54, 1.807) is 63.2 Å². The molecule has 10 heteroatoms. The molecule has 1 aliphatic rings. The number of esters is 1. The lowest BCUT2D eigenvalue weighted by molar-refractivity contribution is -0.173. The number of alkyl carbamates (subject to hydrolysis) is 1. The summed E-state index contributed by atoms with van der Waals surface area (Å²) in [6, 6.07) is 13.2. The van der Waals surface area contributed by atoms with Gasteiger partial charge in [-0.2, -0.15) is 0 Å². The Morgan fingerprint density at radius 1 is 0.912 bits per heavy atom. The van der Waals surface area contributed by atoms with E-state index < -0.39 is 47.9 Å². The van der Waals surface area contributed by atoms with Gasteiger partial charge in [0.25, 0.3) is 11.8 Å². The lowest BCUT2D eigenvalue weighted by Crippen LogP contribution is -2.48. The van der Waals surface area contributed by atoms with E-state index in [-0.39, 0.29) is 17.7 Å². The average Bonchev–Trinajstić information content (AvgIpc) is 3.02. The third kappa shape index (κ3) is 6.18. The fraction of sp³-hybridized carbons (Fsp3) is 0.292. The summed E-state index contributed by atoms with van der Waals surface area (Å²) in [6.07, 6.45) is -1.61. The number of hydroxylamine groups is 2. The molecule has 3 rings (SSSR count). The number of fused-ring (bicyclic) bond motifs is 1. The molecule has 1 aliphatic heterocycles. The molecular weight excluding hydrogens is 444 g/mol. The number of amides is 3. The van der Waals surface area contributed by atoms with Crippen LogP contribution >= 0.6 is 0 Å². The molecule has 0 spiro atoms. The van der Waals surface area contributed by atoms with Crippen LogP contribution in [-0.2, 0) is 30.5 Å². The van der Waals surface area contributed by atoms with Crippen molar-refractivity contribution in [1.82, 2.24) is 10.4 Å². The fourth-order valence-electron chi connectivity index (χ4n) is 3.01. The molecule has 34 heavy (non-hydrogen) atoms. The van der Waals surface area contributed by atoms with Gasteiger partial charge in [-0.1, -0.05) is 47.5 Å². The number of nitrogens with zero attached hydrogens (tertiary/aromatic N) is 1. The van der Waals surface area contributed by atoms with Crippen LogP contribution in [0.1, 0.15) is 53.5 Å². The number of imide groups is 1. The van der Waals surface area contributed by atoms with Gasteiger partial charge in [0.1, 0.15) is 18.2 Å². The Hall–Kier alpha value is -4.21. The minimum absolute atomic E-state index is 0.0493. The molecule has 1 atom stereocenters. The number of nitrogens with one attached hydrogen (secondary N) is 1. The van der Waals surface area contributed by atoms with Crippen molar-refractivity contribution in [2.75, 3.05) is 0 Å². The monoisotopic (exact) mass is 468 g/mol. The molecule has 0 saturated heterocycles. The molecule has 0 aromatic heterocycles. The van der Waals surface area contributed by atoms with E-state index >= 15 is 0 Å². The van der Waals surface area contributed by atoms with E-state index in [1.165, 1.54) is 12.1 Å². The Morgan fingerprint density at radius 3 is 2.03 bits per heavy atom. The summed E-state index contributed by atoms with van der Waals surface area (Å²) in [5.74, 6) is -3.70. The Morgan fingerprint density at radius 2 is 1.47 bits per heavy atom. The Kier molecular flexibility index (Phi) is 7.30. The Bertz CT molecular complexity index is 1070. The normalized spacial score (nSPS) is 13.7. The molecule has 2 aromatic rings. The highest BCUT2D eigenvalue weighted by Gasteiger charge is 2.40. The topological polar surface area (TPSA) is 128 Å². The van der Waals surface area contributed by atoms with Crippen molar-refractivity contribution in [3.05, 3.63) is 71.3 Å². The van der Waals surface area contributed by atoms with Crippen molar-refractivity contribution in [3.8, 4) is 0 Å². The molecule has 1 N–H and O–H groups in total. The highest BCUT2D eigenvalue weighted by molar-refractivity contribution is 6.21. The third-order valence-corrected chi connectivity index (χ3v) is 4.53. The van der Waals surface area contributed by atoms with E-state index in [1.807, 2.05) is 0 Å². The summed E-state index contributed by atoms with van der Waals surface area (Å²) in [6.45, 7) is 4.80. The van der Waals surface area contributed by atoms with E-state index in [0.717, 1.165) is 5.56 Å². The number of carbonyl (C=O) groups is 5. The second kappa shape index (κ2) is 10.2. The Labute approximate surface area is 195 Å². The first-order valence-electron chi connectivity index (χ1n) is 10.4. The zero-order valence-electron chi connectivity index (χ0n) is 18.9. The minimum atomic E-state index is -1.58. The summed E-state index contributed by atoms with van der Waals surface area (Å²) in [5.41, 5.74) is -0.0194. The molecule has 0 fully saturated rings. The second-order valence-electron chi connectivity index (χ2n) is 8.41. The molecule has 10 nitrogen and oxygen atoms in total. The van der Waals surface area contributed by atoms with Crippen molar-refractivity contribution in [2.24, 2.45) is 0 Å². The lowest BCUT2D eigenvalue weighted by Gasteiger charge is -2.23. The van der Waals surface area contributed by atoms with Crippen LogP contribution in [0, 0.1) is 0 Å². The predicted molar refractivity (Wildman–Crippen MR) is 117 cm³/mol. The van der Waals surface area contributed by atoms with Gasteiger partial charge in [0.05, 0.1) is 17.5 Å². The van der Waals surface area contributed by atoms with Crippen LogP contribution < -0.4 is 5.32 Å². The zero-order valence-corrected chi connectivity index (χ0v) is 18.9. The zero-order chi connectivity index (χ0) is 24.9. The van der Waals surface area contributed by atoms with Crippen molar-refractivity contribution in [1.29, 1.82) is 0 Å². The smallest absolute Gasteiger partial charge is 0.408 e. The van der Waals surface area contributed by atoms with Crippen molar-refractivity contribution in [3.63, 3.8) is 0 Å². The van der Waals surface area contributed by atoms with Crippen LogP contribution in [0.25, 0.3) is 0 Å². The quantitative estimate of drug-likeness (QED) is 0.485. The lowest BCUT2D eigenvalue weighted by atomic mass is 10.1. The largest absolute Gasteiger partial charge is 0.461 e. The molecule has 0 saturated carbocycles. The molecule has 0 bridgehead atoms. The first-order chi connectivity index (χ1) is 16.0. The van der Waals surface area contributed by atoms with Crippen LogP contribution in [0.3, 0.4) is 0 Å². The van der Waals surface area contributed by atoms with Gasteiger partial charge < -0.3 is 19.6 Å². The van der Waals surface area contributed by atoms with Gasteiger partial charge in [0.15, 0.2) is 0 Å². The van der Waals surface area contributed by atoms with Gasteiger partial charge in [-0.05, 0) is 38.5 Å². The first kappa shape index (κ1) is 24.4. The van der Waals surface area contributed by atoms with E-state index in [9.17, 15) is 24.0 Å². The van der Waals surface area contributed by atoms with Gasteiger partial charge in [0, 0.05) is 0 Å². The summed E-state index contributed by atoms with van der Waals surface area (Å²) < 4.78 is 10.3.